The molecular weight excluding hydrogens is 228 g/mol. The van der Waals surface area contributed by atoms with Gasteiger partial charge in [0, 0.05) is 12.0 Å². The lowest BCUT2D eigenvalue weighted by Gasteiger charge is -2.28. The summed E-state index contributed by atoms with van der Waals surface area (Å²) in [6.45, 7) is 15.5. The second kappa shape index (κ2) is 7.25. The second-order valence-electron chi connectivity index (χ2n) is 6.72. The van der Waals surface area contributed by atoms with Gasteiger partial charge < -0.3 is 9.47 Å². The molecule has 3 heteroatoms. The highest BCUT2D eigenvalue weighted by Crippen LogP contribution is 2.19. The van der Waals surface area contributed by atoms with Gasteiger partial charge in [-0.25, -0.2) is 0 Å². The molecule has 3 nitrogen and oxygen atoms in total. The van der Waals surface area contributed by atoms with E-state index >= 15 is 0 Å². The summed E-state index contributed by atoms with van der Waals surface area (Å²) >= 11 is 0. The molecule has 108 valence electrons. The fourth-order valence-electron chi connectivity index (χ4n) is 1.27. The number of hydrogen-bond donors (Lipinski definition) is 0. The molecule has 0 aliphatic rings. The molecule has 0 aliphatic heterocycles. The molecule has 0 aromatic carbocycles. The molecule has 0 heterocycles. The van der Waals surface area contributed by atoms with Gasteiger partial charge in [-0.2, -0.15) is 0 Å². The molecule has 0 saturated heterocycles. The van der Waals surface area contributed by atoms with Crippen LogP contribution in [0.4, 0.5) is 0 Å². The van der Waals surface area contributed by atoms with E-state index in [1.807, 2.05) is 27.7 Å². The molecule has 0 amide bonds. The van der Waals surface area contributed by atoms with Crippen LogP contribution in [0, 0.1) is 11.3 Å². The summed E-state index contributed by atoms with van der Waals surface area (Å²) in [5.74, 6) is 0.805. The third-order valence-electron chi connectivity index (χ3n) is 3.05. The summed E-state index contributed by atoms with van der Waals surface area (Å²) in [6, 6.07) is 0. The summed E-state index contributed by atoms with van der Waals surface area (Å²) < 4.78 is 11.4. The summed E-state index contributed by atoms with van der Waals surface area (Å²) in [5.41, 5.74) is -0.699. The average Bonchev–Trinajstić information content (AvgIpc) is 2.15. The lowest BCUT2D eigenvalue weighted by molar-refractivity contribution is -0.132. The maximum Gasteiger partial charge on any atom is 0.137 e. The van der Waals surface area contributed by atoms with E-state index < -0.39 is 5.41 Å². The third kappa shape index (κ3) is 7.83. The van der Waals surface area contributed by atoms with E-state index in [1.54, 1.807) is 6.92 Å². The Bertz CT molecular complexity index is 254. The minimum Gasteiger partial charge on any atom is -0.377 e. The quantitative estimate of drug-likeness (QED) is 0.635. The Morgan fingerprint density at radius 2 is 1.67 bits per heavy atom. The predicted molar refractivity (Wildman–Crippen MR) is 74.8 cm³/mol. The first-order chi connectivity index (χ1) is 8.07. The zero-order valence-corrected chi connectivity index (χ0v) is 13.1. The summed E-state index contributed by atoms with van der Waals surface area (Å²) in [7, 11) is 0. The van der Waals surface area contributed by atoms with E-state index in [0.29, 0.717) is 19.1 Å². The fourth-order valence-corrected chi connectivity index (χ4v) is 1.27. The Morgan fingerprint density at radius 3 is 2.11 bits per heavy atom. The van der Waals surface area contributed by atoms with Crippen molar-refractivity contribution in [2.45, 2.75) is 60.5 Å². The summed E-state index contributed by atoms with van der Waals surface area (Å²) in [5, 5.41) is 0. The Hall–Kier alpha value is -0.410. The highest BCUT2D eigenvalue weighted by molar-refractivity contribution is 5.81. The topological polar surface area (TPSA) is 35.5 Å². The average molecular weight is 258 g/mol. The molecule has 0 radical (unpaired) electrons. The zero-order chi connectivity index (χ0) is 14.4. The van der Waals surface area contributed by atoms with Crippen LogP contribution < -0.4 is 0 Å². The molecule has 0 bridgehead atoms. The molecule has 0 spiro atoms. The van der Waals surface area contributed by atoms with Crippen molar-refractivity contribution in [3.63, 3.8) is 0 Å². The van der Waals surface area contributed by atoms with Crippen LogP contribution in [-0.2, 0) is 14.3 Å². The van der Waals surface area contributed by atoms with Crippen molar-refractivity contribution in [1.82, 2.24) is 0 Å². The van der Waals surface area contributed by atoms with Crippen LogP contribution >= 0.6 is 0 Å². The van der Waals surface area contributed by atoms with Gasteiger partial charge in [0.05, 0.1) is 18.8 Å². The molecular formula is C15H30O3. The standard InChI is InChI=1S/C15H30O3/c1-12(2)8-9-18-15(6,7)11-17-10-14(4,5)13(3)16/h12H,8-11H2,1-7H3. The van der Waals surface area contributed by atoms with Crippen molar-refractivity contribution < 1.29 is 14.3 Å². The number of Topliss-reactive ketones (excluding diaryl/α,β-unsaturated/α-hetero) is 1. The molecule has 0 saturated carbocycles. The maximum atomic E-state index is 11.4. The smallest absolute Gasteiger partial charge is 0.137 e. The number of ether oxygens (including phenoxy) is 2. The number of hydrogen-bond acceptors (Lipinski definition) is 3. The van der Waals surface area contributed by atoms with Gasteiger partial charge in [-0.1, -0.05) is 27.7 Å². The van der Waals surface area contributed by atoms with Gasteiger partial charge in [0.1, 0.15) is 5.78 Å². The Morgan fingerprint density at radius 1 is 1.11 bits per heavy atom. The van der Waals surface area contributed by atoms with Crippen LogP contribution in [0.2, 0.25) is 0 Å². The van der Waals surface area contributed by atoms with Crippen LogP contribution in [-0.4, -0.2) is 31.2 Å². The van der Waals surface area contributed by atoms with Crippen LogP contribution in [0.5, 0.6) is 0 Å². The Kier molecular flexibility index (Phi) is 7.08. The van der Waals surface area contributed by atoms with Gasteiger partial charge in [0.25, 0.3) is 0 Å². The SMILES string of the molecule is CC(=O)C(C)(C)COCC(C)(C)OCCC(C)C. The van der Waals surface area contributed by atoms with Gasteiger partial charge >= 0.3 is 0 Å². The van der Waals surface area contributed by atoms with Gasteiger partial charge in [-0.3, -0.25) is 4.79 Å². The minimum atomic E-state index is -0.409. The van der Waals surface area contributed by atoms with E-state index in [9.17, 15) is 4.79 Å². The van der Waals surface area contributed by atoms with E-state index in [-0.39, 0.29) is 11.4 Å². The fraction of sp³-hybridized carbons (Fsp3) is 0.933. The highest BCUT2D eigenvalue weighted by atomic mass is 16.5. The Labute approximate surface area is 112 Å². The lowest BCUT2D eigenvalue weighted by atomic mass is 9.90. The first-order valence-corrected chi connectivity index (χ1v) is 6.79. The monoisotopic (exact) mass is 258 g/mol. The molecule has 0 aromatic rings. The van der Waals surface area contributed by atoms with Gasteiger partial charge in [0.2, 0.25) is 0 Å². The third-order valence-corrected chi connectivity index (χ3v) is 3.05. The number of ketones is 1. The first kappa shape index (κ1) is 17.6. The van der Waals surface area contributed by atoms with Crippen LogP contribution in [0.3, 0.4) is 0 Å². The molecule has 18 heavy (non-hydrogen) atoms. The van der Waals surface area contributed by atoms with Crippen molar-refractivity contribution in [2.24, 2.45) is 11.3 Å². The lowest BCUT2D eigenvalue weighted by Crippen LogP contribution is -2.35. The second-order valence-corrected chi connectivity index (χ2v) is 6.72. The van der Waals surface area contributed by atoms with Crippen LogP contribution in [0.1, 0.15) is 54.9 Å². The van der Waals surface area contributed by atoms with Gasteiger partial charge in [-0.05, 0) is 33.1 Å². The molecule has 0 atom stereocenters. The van der Waals surface area contributed by atoms with E-state index in [1.165, 1.54) is 0 Å². The molecule has 0 rings (SSSR count). The normalized spacial score (nSPS) is 13.1. The predicted octanol–water partition coefficient (Wildman–Crippen LogP) is 3.46. The molecule has 0 aromatic heterocycles. The van der Waals surface area contributed by atoms with Crippen molar-refractivity contribution in [2.75, 3.05) is 19.8 Å². The maximum absolute atomic E-state index is 11.4. The summed E-state index contributed by atoms with van der Waals surface area (Å²) in [6.07, 6.45) is 1.06. The van der Waals surface area contributed by atoms with E-state index in [4.69, 9.17) is 9.47 Å². The van der Waals surface area contributed by atoms with Gasteiger partial charge in [0.15, 0.2) is 0 Å². The van der Waals surface area contributed by atoms with E-state index in [2.05, 4.69) is 13.8 Å². The largest absolute Gasteiger partial charge is 0.377 e. The number of carbonyl (C=O) groups is 1. The molecule has 0 N–H and O–H groups in total. The van der Waals surface area contributed by atoms with Crippen molar-refractivity contribution in [3.05, 3.63) is 0 Å². The van der Waals surface area contributed by atoms with Crippen molar-refractivity contribution in [1.29, 1.82) is 0 Å². The van der Waals surface area contributed by atoms with Crippen LogP contribution in [0.15, 0.2) is 0 Å². The first-order valence-electron chi connectivity index (χ1n) is 6.79. The van der Waals surface area contributed by atoms with Gasteiger partial charge in [-0.15, -0.1) is 0 Å². The van der Waals surface area contributed by atoms with Crippen molar-refractivity contribution in [3.8, 4) is 0 Å². The Balaban J connectivity index is 3.93. The van der Waals surface area contributed by atoms with E-state index in [0.717, 1.165) is 13.0 Å². The zero-order valence-electron chi connectivity index (χ0n) is 13.1. The highest BCUT2D eigenvalue weighted by Gasteiger charge is 2.26. The van der Waals surface area contributed by atoms with Crippen LogP contribution in [0.25, 0.3) is 0 Å². The van der Waals surface area contributed by atoms with Crippen molar-refractivity contribution >= 4 is 5.78 Å². The molecule has 0 unspecified atom stereocenters. The summed E-state index contributed by atoms with van der Waals surface area (Å²) in [4.78, 5) is 11.4. The molecule has 0 aliphatic carbocycles. The number of carbonyl (C=O) groups excluding carboxylic acids is 1. The number of rotatable bonds is 9. The minimum absolute atomic E-state index is 0.154. The molecule has 0 fully saturated rings.